The third-order valence-corrected chi connectivity index (χ3v) is 5.56. The molecule has 0 unspecified atom stereocenters. The number of nitrogens with zero attached hydrogens (tertiary/aromatic N) is 2. The minimum absolute atomic E-state index is 0.444. The van der Waals surface area contributed by atoms with Crippen LogP contribution >= 0.6 is 0 Å². The van der Waals surface area contributed by atoms with Gasteiger partial charge in [-0.2, -0.15) is 0 Å². The van der Waals surface area contributed by atoms with E-state index in [-0.39, 0.29) is 0 Å². The number of oxazole rings is 1. The van der Waals surface area contributed by atoms with E-state index in [1.807, 2.05) is 18.2 Å². The summed E-state index contributed by atoms with van der Waals surface area (Å²) >= 11 is 0. The molecule has 0 amide bonds. The minimum Gasteiger partial charge on any atom is -0.491 e. The molecule has 2 aliphatic rings. The standard InChI is InChI=1S/C21H20N4O3/c26-21-24-15-8-13(4-5-17(15)28-21)20-23-16-9-14(22-11-12-2-3-12)10-18-19(16)25(20)6-1-7-27-18/h4-5,8-10,12,22H,1-3,6-7,11H2,(H,24,26). The zero-order valence-corrected chi connectivity index (χ0v) is 15.3. The summed E-state index contributed by atoms with van der Waals surface area (Å²) in [6.45, 7) is 2.53. The Balaban J connectivity index is 1.50. The highest BCUT2D eigenvalue weighted by Gasteiger charge is 2.23. The molecule has 0 saturated heterocycles. The lowest BCUT2D eigenvalue weighted by atomic mass is 10.2. The number of benzene rings is 2. The number of rotatable bonds is 4. The molecule has 2 aromatic carbocycles. The summed E-state index contributed by atoms with van der Waals surface area (Å²) in [5.74, 6) is 2.11. The van der Waals surface area contributed by atoms with Gasteiger partial charge < -0.3 is 19.0 Å². The monoisotopic (exact) mass is 376 g/mol. The average Bonchev–Trinajstić information content (AvgIpc) is 3.39. The lowest BCUT2D eigenvalue weighted by molar-refractivity contribution is 0.316. The van der Waals surface area contributed by atoms with Gasteiger partial charge >= 0.3 is 5.76 Å². The van der Waals surface area contributed by atoms with Crippen molar-refractivity contribution in [2.24, 2.45) is 5.92 Å². The molecule has 2 N–H and O–H groups in total. The van der Waals surface area contributed by atoms with Crippen LogP contribution < -0.4 is 15.8 Å². The zero-order valence-electron chi connectivity index (χ0n) is 15.3. The number of ether oxygens (including phenoxy) is 1. The Kier molecular flexibility index (Phi) is 3.32. The number of hydrogen-bond acceptors (Lipinski definition) is 5. The van der Waals surface area contributed by atoms with E-state index in [1.165, 1.54) is 12.8 Å². The van der Waals surface area contributed by atoms with Crippen LogP contribution in [-0.2, 0) is 6.54 Å². The molecule has 6 rings (SSSR count). The highest BCUT2D eigenvalue weighted by molar-refractivity contribution is 5.90. The second kappa shape index (κ2) is 5.89. The van der Waals surface area contributed by atoms with Gasteiger partial charge in [0.25, 0.3) is 0 Å². The van der Waals surface area contributed by atoms with E-state index in [0.29, 0.717) is 17.7 Å². The van der Waals surface area contributed by atoms with Crippen molar-refractivity contribution in [2.75, 3.05) is 18.5 Å². The van der Waals surface area contributed by atoms with Crippen molar-refractivity contribution in [2.45, 2.75) is 25.8 Å². The molecule has 1 saturated carbocycles. The van der Waals surface area contributed by atoms with Gasteiger partial charge in [0, 0.05) is 30.4 Å². The lowest BCUT2D eigenvalue weighted by Gasteiger charge is -2.10. The molecule has 1 aliphatic carbocycles. The number of nitrogens with one attached hydrogen (secondary N) is 2. The molecule has 0 spiro atoms. The number of aromatic amines is 1. The molecule has 1 aliphatic heterocycles. The first-order chi connectivity index (χ1) is 13.7. The number of hydrogen-bond donors (Lipinski definition) is 2. The molecule has 28 heavy (non-hydrogen) atoms. The van der Waals surface area contributed by atoms with E-state index < -0.39 is 5.76 Å². The maximum absolute atomic E-state index is 11.5. The minimum atomic E-state index is -0.444. The van der Waals surface area contributed by atoms with Crippen LogP contribution in [0.2, 0.25) is 0 Å². The van der Waals surface area contributed by atoms with Crippen LogP contribution in [0.15, 0.2) is 39.5 Å². The van der Waals surface area contributed by atoms with Crippen LogP contribution in [0.4, 0.5) is 5.69 Å². The largest absolute Gasteiger partial charge is 0.491 e. The molecule has 2 aromatic heterocycles. The zero-order chi connectivity index (χ0) is 18.7. The molecule has 7 nitrogen and oxygen atoms in total. The fourth-order valence-corrected chi connectivity index (χ4v) is 3.96. The molecule has 0 atom stereocenters. The van der Waals surface area contributed by atoms with Crippen molar-refractivity contribution in [3.63, 3.8) is 0 Å². The van der Waals surface area contributed by atoms with E-state index in [1.54, 1.807) is 0 Å². The van der Waals surface area contributed by atoms with Gasteiger partial charge in [-0.15, -0.1) is 0 Å². The Morgan fingerprint density at radius 3 is 3.07 bits per heavy atom. The van der Waals surface area contributed by atoms with Crippen molar-refractivity contribution < 1.29 is 9.15 Å². The molecule has 1 fully saturated rings. The molecule has 0 radical (unpaired) electrons. The molecular formula is C21H20N4O3. The van der Waals surface area contributed by atoms with Gasteiger partial charge in [-0.05, 0) is 49.4 Å². The number of fused-ring (bicyclic) bond motifs is 1. The maximum atomic E-state index is 11.5. The summed E-state index contributed by atoms with van der Waals surface area (Å²) < 4.78 is 13.4. The predicted octanol–water partition coefficient (Wildman–Crippen LogP) is 3.74. The van der Waals surface area contributed by atoms with E-state index >= 15 is 0 Å². The van der Waals surface area contributed by atoms with Gasteiger partial charge in [-0.1, -0.05) is 0 Å². The SMILES string of the molecule is O=c1[nH]c2cc(-c3nc4cc(NCC5CC5)cc5c4n3CCCO5)ccc2o1. The second-order valence-electron chi connectivity index (χ2n) is 7.68. The molecular weight excluding hydrogens is 356 g/mol. The smallest absolute Gasteiger partial charge is 0.417 e. The van der Waals surface area contributed by atoms with Gasteiger partial charge in [0.1, 0.15) is 17.1 Å². The Morgan fingerprint density at radius 2 is 2.18 bits per heavy atom. The summed E-state index contributed by atoms with van der Waals surface area (Å²) in [4.78, 5) is 19.1. The van der Waals surface area contributed by atoms with Gasteiger partial charge in [-0.25, -0.2) is 9.78 Å². The Hall–Kier alpha value is -3.22. The third kappa shape index (κ3) is 2.58. The van der Waals surface area contributed by atoms with Gasteiger partial charge in [0.05, 0.1) is 17.6 Å². The first-order valence-corrected chi connectivity index (χ1v) is 9.79. The summed E-state index contributed by atoms with van der Waals surface area (Å²) in [6.07, 6.45) is 3.55. The number of aromatic nitrogens is 3. The summed E-state index contributed by atoms with van der Waals surface area (Å²) in [5, 5.41) is 3.53. The number of aryl methyl sites for hydroxylation is 1. The lowest BCUT2D eigenvalue weighted by Crippen LogP contribution is -2.03. The summed E-state index contributed by atoms with van der Waals surface area (Å²) in [7, 11) is 0. The van der Waals surface area contributed by atoms with Crippen LogP contribution in [0.3, 0.4) is 0 Å². The first-order valence-electron chi connectivity index (χ1n) is 9.79. The summed E-state index contributed by atoms with van der Waals surface area (Å²) in [5.41, 5.74) is 5.19. The van der Waals surface area contributed by atoms with Crippen molar-refractivity contribution in [1.82, 2.24) is 14.5 Å². The van der Waals surface area contributed by atoms with Crippen LogP contribution in [0, 0.1) is 5.92 Å². The molecule has 7 heteroatoms. The fraction of sp³-hybridized carbons (Fsp3) is 0.333. The number of anilines is 1. The highest BCUT2D eigenvalue weighted by atomic mass is 16.5. The van der Waals surface area contributed by atoms with Crippen LogP contribution in [0.5, 0.6) is 5.75 Å². The average molecular weight is 376 g/mol. The van der Waals surface area contributed by atoms with E-state index in [9.17, 15) is 4.79 Å². The fourth-order valence-electron chi connectivity index (χ4n) is 3.96. The van der Waals surface area contributed by atoms with Crippen LogP contribution in [-0.4, -0.2) is 27.7 Å². The second-order valence-corrected chi connectivity index (χ2v) is 7.68. The molecule has 3 heterocycles. The van der Waals surface area contributed by atoms with E-state index in [4.69, 9.17) is 14.1 Å². The van der Waals surface area contributed by atoms with Gasteiger partial charge in [-0.3, -0.25) is 4.98 Å². The normalized spacial score (nSPS) is 16.3. The molecule has 4 aromatic rings. The van der Waals surface area contributed by atoms with E-state index in [2.05, 4.69) is 27.0 Å². The summed E-state index contributed by atoms with van der Waals surface area (Å²) in [6, 6.07) is 9.87. The molecule has 142 valence electrons. The maximum Gasteiger partial charge on any atom is 0.417 e. The van der Waals surface area contributed by atoms with Crippen molar-refractivity contribution in [3.05, 3.63) is 40.9 Å². The molecule has 0 bridgehead atoms. The Morgan fingerprint density at radius 1 is 1.25 bits per heavy atom. The van der Waals surface area contributed by atoms with Crippen molar-refractivity contribution in [1.29, 1.82) is 0 Å². The first kappa shape index (κ1) is 15.8. The van der Waals surface area contributed by atoms with Crippen molar-refractivity contribution in [3.8, 4) is 17.1 Å². The highest BCUT2D eigenvalue weighted by Crippen LogP contribution is 2.37. The van der Waals surface area contributed by atoms with Gasteiger partial charge in [0.15, 0.2) is 5.58 Å². The van der Waals surface area contributed by atoms with Gasteiger partial charge in [0.2, 0.25) is 0 Å². The Labute approximate surface area is 160 Å². The quantitative estimate of drug-likeness (QED) is 0.567. The number of imidazole rings is 1. The van der Waals surface area contributed by atoms with E-state index in [0.717, 1.165) is 59.3 Å². The van der Waals surface area contributed by atoms with Crippen LogP contribution in [0.25, 0.3) is 33.5 Å². The predicted molar refractivity (Wildman–Crippen MR) is 107 cm³/mol. The van der Waals surface area contributed by atoms with Crippen LogP contribution in [0.1, 0.15) is 19.3 Å². The topological polar surface area (TPSA) is 85.1 Å². The number of H-pyrrole nitrogens is 1. The Bertz CT molecular complexity index is 1260. The van der Waals surface area contributed by atoms with Crippen molar-refractivity contribution >= 4 is 27.8 Å². The third-order valence-electron chi connectivity index (χ3n) is 5.56.